The molecule has 16 heavy (non-hydrogen) atoms. The average molecular weight is 239 g/mol. The van der Waals surface area contributed by atoms with Crippen molar-refractivity contribution in [3.8, 4) is 5.75 Å². The maximum absolute atomic E-state index is 11.6. The van der Waals surface area contributed by atoms with Crippen LogP contribution in [-0.2, 0) is 9.84 Å². The SMILES string of the molecule is O=S1(=O)CC2CC1CN2c1ccc(O)cc1. The third-order valence-corrected chi connectivity index (χ3v) is 5.70. The number of rotatable bonds is 1. The smallest absolute Gasteiger partial charge is 0.156 e. The van der Waals surface area contributed by atoms with Crippen molar-refractivity contribution in [2.24, 2.45) is 0 Å². The number of phenols is 1. The fourth-order valence-electron chi connectivity index (χ4n) is 2.66. The number of aromatic hydroxyl groups is 1. The highest BCUT2D eigenvalue weighted by molar-refractivity contribution is 7.92. The molecular weight excluding hydrogens is 226 g/mol. The standard InChI is InChI=1S/C11H13NO3S/c13-10-3-1-8(2-4-10)12-6-11-5-9(12)7-16(11,14)15/h1-4,9,11,13H,5-7H2. The van der Waals surface area contributed by atoms with Crippen molar-refractivity contribution in [2.45, 2.75) is 17.7 Å². The minimum absolute atomic E-state index is 0.125. The van der Waals surface area contributed by atoms with E-state index in [1.807, 2.05) is 12.1 Å². The molecule has 4 nitrogen and oxygen atoms in total. The van der Waals surface area contributed by atoms with E-state index in [1.54, 1.807) is 12.1 Å². The van der Waals surface area contributed by atoms with E-state index in [9.17, 15) is 13.5 Å². The molecule has 1 N–H and O–H groups in total. The normalized spacial score (nSPS) is 30.9. The molecule has 2 bridgehead atoms. The van der Waals surface area contributed by atoms with Crippen LogP contribution < -0.4 is 4.90 Å². The summed E-state index contributed by atoms with van der Waals surface area (Å²) >= 11 is 0. The van der Waals surface area contributed by atoms with E-state index in [0.29, 0.717) is 6.54 Å². The molecule has 2 atom stereocenters. The number of anilines is 1. The van der Waals surface area contributed by atoms with Gasteiger partial charge in [-0.2, -0.15) is 0 Å². The number of hydrogen-bond donors (Lipinski definition) is 1. The van der Waals surface area contributed by atoms with Gasteiger partial charge in [-0.3, -0.25) is 0 Å². The van der Waals surface area contributed by atoms with Crippen LogP contribution in [0.15, 0.2) is 24.3 Å². The summed E-state index contributed by atoms with van der Waals surface area (Å²) in [6, 6.07) is 7.07. The maximum atomic E-state index is 11.6. The predicted octanol–water partition coefficient (Wildman–Crippen LogP) is 0.768. The molecule has 0 spiro atoms. The van der Waals surface area contributed by atoms with Gasteiger partial charge in [-0.15, -0.1) is 0 Å². The number of nitrogens with zero attached hydrogens (tertiary/aromatic N) is 1. The quantitative estimate of drug-likeness (QED) is 0.786. The van der Waals surface area contributed by atoms with Gasteiger partial charge in [-0.05, 0) is 30.7 Å². The Labute approximate surface area is 94.4 Å². The zero-order chi connectivity index (χ0) is 11.3. The van der Waals surface area contributed by atoms with Crippen LogP contribution in [0.4, 0.5) is 5.69 Å². The fourth-order valence-corrected chi connectivity index (χ4v) is 4.68. The first-order chi connectivity index (χ1) is 7.56. The zero-order valence-electron chi connectivity index (χ0n) is 8.70. The molecule has 2 fully saturated rings. The van der Waals surface area contributed by atoms with E-state index < -0.39 is 9.84 Å². The molecule has 2 heterocycles. The second-order valence-corrected chi connectivity index (χ2v) is 6.84. The Balaban J connectivity index is 1.88. The van der Waals surface area contributed by atoms with Crippen LogP contribution in [0.3, 0.4) is 0 Å². The molecular formula is C11H13NO3S. The summed E-state index contributed by atoms with van der Waals surface area (Å²) < 4.78 is 23.2. The first kappa shape index (κ1) is 9.96. The molecule has 2 saturated heterocycles. The van der Waals surface area contributed by atoms with E-state index >= 15 is 0 Å². The number of sulfone groups is 1. The molecule has 0 amide bonds. The fraction of sp³-hybridized carbons (Fsp3) is 0.455. The van der Waals surface area contributed by atoms with Gasteiger partial charge in [0.2, 0.25) is 0 Å². The highest BCUT2D eigenvalue weighted by atomic mass is 32.2. The number of fused-ring (bicyclic) bond motifs is 2. The van der Waals surface area contributed by atoms with Crippen molar-refractivity contribution in [1.82, 2.24) is 0 Å². The van der Waals surface area contributed by atoms with Gasteiger partial charge >= 0.3 is 0 Å². The van der Waals surface area contributed by atoms with Crippen LogP contribution in [0.1, 0.15) is 6.42 Å². The molecule has 86 valence electrons. The van der Waals surface area contributed by atoms with Crippen LogP contribution >= 0.6 is 0 Å². The highest BCUT2D eigenvalue weighted by Crippen LogP contribution is 2.36. The van der Waals surface area contributed by atoms with Crippen molar-refractivity contribution in [2.75, 3.05) is 17.2 Å². The summed E-state index contributed by atoms with van der Waals surface area (Å²) in [5.74, 6) is 0.513. The van der Waals surface area contributed by atoms with Crippen LogP contribution in [0.25, 0.3) is 0 Å². The summed E-state index contributed by atoms with van der Waals surface area (Å²) in [6.45, 7) is 0.595. The predicted molar refractivity (Wildman–Crippen MR) is 61.4 cm³/mol. The van der Waals surface area contributed by atoms with Gasteiger partial charge in [0, 0.05) is 18.3 Å². The summed E-state index contributed by atoms with van der Waals surface area (Å²) in [4.78, 5) is 2.13. The van der Waals surface area contributed by atoms with Crippen LogP contribution in [0.2, 0.25) is 0 Å². The van der Waals surface area contributed by atoms with Crippen molar-refractivity contribution < 1.29 is 13.5 Å². The van der Waals surface area contributed by atoms with E-state index in [0.717, 1.165) is 12.1 Å². The lowest BCUT2D eigenvalue weighted by molar-refractivity contribution is 0.475. The summed E-state index contributed by atoms with van der Waals surface area (Å²) in [6.07, 6.45) is 0.753. The molecule has 1 aromatic carbocycles. The summed E-state index contributed by atoms with van der Waals surface area (Å²) in [5.41, 5.74) is 1.00. The molecule has 2 unspecified atom stereocenters. The van der Waals surface area contributed by atoms with Crippen molar-refractivity contribution in [3.63, 3.8) is 0 Å². The van der Waals surface area contributed by atoms with Gasteiger partial charge in [-0.25, -0.2) is 8.42 Å². The highest BCUT2D eigenvalue weighted by Gasteiger charge is 2.48. The summed E-state index contributed by atoms with van der Waals surface area (Å²) in [7, 11) is -2.83. The molecule has 0 saturated carbocycles. The molecule has 3 rings (SSSR count). The lowest BCUT2D eigenvalue weighted by atomic mass is 10.2. The summed E-state index contributed by atoms with van der Waals surface area (Å²) in [5, 5.41) is 9.01. The van der Waals surface area contributed by atoms with Crippen molar-refractivity contribution >= 4 is 15.5 Å². The van der Waals surface area contributed by atoms with E-state index in [-0.39, 0.29) is 22.8 Å². The molecule has 0 aromatic heterocycles. The maximum Gasteiger partial charge on any atom is 0.156 e. The lowest BCUT2D eigenvalue weighted by Crippen LogP contribution is -2.40. The number of phenolic OH excluding ortho intramolecular Hbond substituents is 1. The number of hydrogen-bond acceptors (Lipinski definition) is 4. The van der Waals surface area contributed by atoms with E-state index in [1.165, 1.54) is 0 Å². The molecule has 1 aromatic rings. The first-order valence-corrected chi connectivity index (χ1v) is 7.05. The third-order valence-electron chi connectivity index (χ3n) is 3.49. The van der Waals surface area contributed by atoms with Gasteiger partial charge in [0.1, 0.15) is 5.75 Å². The van der Waals surface area contributed by atoms with Gasteiger partial charge < -0.3 is 10.0 Å². The van der Waals surface area contributed by atoms with E-state index in [4.69, 9.17) is 0 Å². The Morgan fingerprint density at radius 1 is 1.25 bits per heavy atom. The third kappa shape index (κ3) is 1.38. The van der Waals surface area contributed by atoms with Gasteiger partial charge in [0.15, 0.2) is 9.84 Å². The largest absolute Gasteiger partial charge is 0.508 e. The molecule has 2 aliphatic heterocycles. The first-order valence-electron chi connectivity index (χ1n) is 5.33. The second-order valence-electron chi connectivity index (χ2n) is 4.51. The Morgan fingerprint density at radius 3 is 2.44 bits per heavy atom. The Kier molecular flexibility index (Phi) is 1.95. The minimum Gasteiger partial charge on any atom is -0.508 e. The Bertz CT molecular complexity index is 509. The van der Waals surface area contributed by atoms with Crippen LogP contribution in [-0.4, -0.2) is 37.1 Å². The van der Waals surface area contributed by atoms with Crippen LogP contribution in [0, 0.1) is 0 Å². The van der Waals surface area contributed by atoms with Gasteiger partial charge in [0.25, 0.3) is 0 Å². The van der Waals surface area contributed by atoms with E-state index in [2.05, 4.69) is 4.90 Å². The Morgan fingerprint density at radius 2 is 1.94 bits per heavy atom. The molecule has 2 aliphatic rings. The van der Waals surface area contributed by atoms with Crippen molar-refractivity contribution in [3.05, 3.63) is 24.3 Å². The van der Waals surface area contributed by atoms with Crippen molar-refractivity contribution in [1.29, 1.82) is 0 Å². The minimum atomic E-state index is -2.83. The van der Waals surface area contributed by atoms with Crippen LogP contribution in [0.5, 0.6) is 5.75 Å². The monoisotopic (exact) mass is 239 g/mol. The topological polar surface area (TPSA) is 57.6 Å². The van der Waals surface area contributed by atoms with Gasteiger partial charge in [0.05, 0.1) is 11.0 Å². The van der Waals surface area contributed by atoms with Gasteiger partial charge in [-0.1, -0.05) is 0 Å². The number of benzene rings is 1. The zero-order valence-corrected chi connectivity index (χ0v) is 9.52. The molecule has 5 heteroatoms. The lowest BCUT2D eigenvalue weighted by Gasteiger charge is -2.28. The second kappa shape index (κ2) is 3.13. The average Bonchev–Trinajstić information content (AvgIpc) is 2.74. The Hall–Kier alpha value is -1.23. The molecule has 0 radical (unpaired) electrons. The molecule has 0 aliphatic carbocycles.